The van der Waals surface area contributed by atoms with Crippen molar-refractivity contribution < 1.29 is 4.74 Å². The summed E-state index contributed by atoms with van der Waals surface area (Å²) >= 11 is 1.42. The summed E-state index contributed by atoms with van der Waals surface area (Å²) in [7, 11) is 0. The third kappa shape index (κ3) is 2.87. The maximum atomic E-state index is 5.43. The van der Waals surface area contributed by atoms with Crippen molar-refractivity contribution in [1.82, 2.24) is 9.59 Å². The summed E-state index contributed by atoms with van der Waals surface area (Å²) in [6.07, 6.45) is 2.31. The van der Waals surface area contributed by atoms with Crippen molar-refractivity contribution in [2.24, 2.45) is 0 Å². The van der Waals surface area contributed by atoms with Crippen LogP contribution in [0.4, 0.5) is 0 Å². The lowest BCUT2D eigenvalue weighted by atomic mass is 10.3. The van der Waals surface area contributed by atoms with E-state index < -0.39 is 0 Å². The average molecular weight is 186 g/mol. The Bertz CT molecular complexity index is 225. The highest BCUT2D eigenvalue weighted by Gasteiger charge is 2.01. The van der Waals surface area contributed by atoms with E-state index in [4.69, 9.17) is 4.74 Å². The molecule has 0 radical (unpaired) electrons. The van der Waals surface area contributed by atoms with Crippen LogP contribution in [0.15, 0.2) is 0 Å². The lowest BCUT2D eigenvalue weighted by Crippen LogP contribution is -1.94. The fourth-order valence-electron chi connectivity index (χ4n) is 0.795. The molecule has 1 aromatic heterocycles. The molecule has 0 spiro atoms. The van der Waals surface area contributed by atoms with Gasteiger partial charge in [-0.05, 0) is 24.9 Å². The van der Waals surface area contributed by atoms with Crippen LogP contribution < -0.4 is 0 Å². The summed E-state index contributed by atoms with van der Waals surface area (Å²) < 4.78 is 9.26. The van der Waals surface area contributed by atoms with E-state index in [1.165, 1.54) is 18.0 Å². The first-order chi connectivity index (χ1) is 5.84. The van der Waals surface area contributed by atoms with E-state index in [0.29, 0.717) is 6.61 Å². The molecule has 0 saturated carbocycles. The van der Waals surface area contributed by atoms with Gasteiger partial charge in [-0.3, -0.25) is 0 Å². The normalized spacial score (nSPS) is 10.5. The zero-order valence-corrected chi connectivity index (χ0v) is 8.36. The molecule has 0 aliphatic carbocycles. The van der Waals surface area contributed by atoms with Gasteiger partial charge in [-0.25, -0.2) is 0 Å². The van der Waals surface area contributed by atoms with Crippen LogP contribution in [0.25, 0.3) is 0 Å². The molecule has 4 heteroatoms. The molecule has 0 N–H and O–H groups in total. The summed E-state index contributed by atoms with van der Waals surface area (Å²) in [6.45, 7) is 5.63. The molecule has 1 aromatic rings. The molecule has 0 fully saturated rings. The van der Waals surface area contributed by atoms with Crippen molar-refractivity contribution in [2.45, 2.75) is 33.3 Å². The molecule has 0 unspecified atom stereocenters. The zero-order valence-electron chi connectivity index (χ0n) is 7.54. The van der Waals surface area contributed by atoms with Crippen molar-refractivity contribution in [1.29, 1.82) is 0 Å². The minimum Gasteiger partial charge on any atom is -0.376 e. The van der Waals surface area contributed by atoms with E-state index in [0.717, 1.165) is 23.6 Å². The zero-order chi connectivity index (χ0) is 8.81. The second-order valence-corrected chi connectivity index (χ2v) is 3.53. The summed E-state index contributed by atoms with van der Waals surface area (Å²) in [5, 5.41) is 3.90. The van der Waals surface area contributed by atoms with Gasteiger partial charge in [-0.1, -0.05) is 17.8 Å². The molecular weight excluding hydrogens is 172 g/mol. The average Bonchev–Trinajstić information content (AvgIpc) is 2.46. The van der Waals surface area contributed by atoms with Gasteiger partial charge in [0.15, 0.2) is 0 Å². The summed E-state index contributed by atoms with van der Waals surface area (Å²) in [6, 6.07) is 0. The highest BCUT2D eigenvalue weighted by Crippen LogP contribution is 2.10. The Balaban J connectivity index is 2.20. The minimum atomic E-state index is 0.670. The standard InChI is InChI=1S/C8H14N2OS/c1-3-4-5-11-6-8-7(2)9-10-12-8/h3-6H2,1-2H3. The summed E-state index contributed by atoms with van der Waals surface area (Å²) in [4.78, 5) is 1.14. The number of aromatic nitrogens is 2. The fraction of sp³-hybridized carbons (Fsp3) is 0.750. The molecule has 1 heterocycles. The molecule has 1 rings (SSSR count). The number of rotatable bonds is 5. The molecule has 0 bridgehead atoms. The number of hydrogen-bond acceptors (Lipinski definition) is 4. The fourth-order valence-corrected chi connectivity index (χ4v) is 1.37. The maximum Gasteiger partial charge on any atom is 0.0844 e. The predicted molar refractivity (Wildman–Crippen MR) is 49.2 cm³/mol. The molecule has 0 aliphatic heterocycles. The molecular formula is C8H14N2OS. The van der Waals surface area contributed by atoms with Crippen LogP contribution in [0.3, 0.4) is 0 Å². The second-order valence-electron chi connectivity index (χ2n) is 2.69. The van der Waals surface area contributed by atoms with Crippen LogP contribution >= 0.6 is 11.5 Å². The smallest absolute Gasteiger partial charge is 0.0844 e. The van der Waals surface area contributed by atoms with Crippen LogP contribution in [0.2, 0.25) is 0 Å². The van der Waals surface area contributed by atoms with Gasteiger partial charge in [0.25, 0.3) is 0 Å². The van der Waals surface area contributed by atoms with Crippen molar-refractivity contribution in [3.63, 3.8) is 0 Å². The van der Waals surface area contributed by atoms with Crippen molar-refractivity contribution >= 4 is 11.5 Å². The van der Waals surface area contributed by atoms with Gasteiger partial charge in [-0.2, -0.15) is 0 Å². The van der Waals surface area contributed by atoms with Crippen LogP contribution in [-0.2, 0) is 11.3 Å². The molecule has 0 saturated heterocycles. The number of unbranched alkanes of at least 4 members (excludes halogenated alkanes) is 1. The SMILES string of the molecule is CCCCOCc1snnc1C. The summed E-state index contributed by atoms with van der Waals surface area (Å²) in [5.41, 5.74) is 0.997. The van der Waals surface area contributed by atoms with E-state index in [9.17, 15) is 0 Å². The monoisotopic (exact) mass is 186 g/mol. The number of hydrogen-bond donors (Lipinski definition) is 0. The van der Waals surface area contributed by atoms with Gasteiger partial charge in [0, 0.05) is 6.61 Å². The number of nitrogens with zero attached hydrogens (tertiary/aromatic N) is 2. The van der Waals surface area contributed by atoms with Gasteiger partial charge < -0.3 is 4.74 Å². The van der Waals surface area contributed by atoms with Gasteiger partial charge in [-0.15, -0.1) is 5.10 Å². The van der Waals surface area contributed by atoms with Crippen LogP contribution in [0, 0.1) is 6.92 Å². The molecule has 0 atom stereocenters. The predicted octanol–water partition coefficient (Wildman–Crippen LogP) is 2.16. The molecule has 0 amide bonds. The lowest BCUT2D eigenvalue weighted by molar-refractivity contribution is 0.119. The Morgan fingerprint density at radius 2 is 2.33 bits per heavy atom. The third-order valence-corrected chi connectivity index (χ3v) is 2.42. The molecule has 68 valence electrons. The van der Waals surface area contributed by atoms with E-state index in [1.807, 2.05) is 6.92 Å². The van der Waals surface area contributed by atoms with E-state index in [2.05, 4.69) is 16.5 Å². The van der Waals surface area contributed by atoms with Gasteiger partial charge >= 0.3 is 0 Å². The largest absolute Gasteiger partial charge is 0.376 e. The summed E-state index contributed by atoms with van der Waals surface area (Å²) in [5.74, 6) is 0. The third-order valence-electron chi connectivity index (χ3n) is 1.62. The van der Waals surface area contributed by atoms with Crippen molar-refractivity contribution in [2.75, 3.05) is 6.61 Å². The Hall–Kier alpha value is -0.480. The van der Waals surface area contributed by atoms with Crippen molar-refractivity contribution in [3.05, 3.63) is 10.6 Å². The second kappa shape index (κ2) is 5.22. The van der Waals surface area contributed by atoms with E-state index in [-0.39, 0.29) is 0 Å². The first-order valence-electron chi connectivity index (χ1n) is 4.20. The number of ether oxygens (including phenoxy) is 1. The van der Waals surface area contributed by atoms with Crippen LogP contribution in [0.5, 0.6) is 0 Å². The minimum absolute atomic E-state index is 0.670. The number of aryl methyl sites for hydroxylation is 1. The van der Waals surface area contributed by atoms with Gasteiger partial charge in [0.05, 0.1) is 17.2 Å². The molecule has 12 heavy (non-hydrogen) atoms. The first kappa shape index (κ1) is 9.61. The Morgan fingerprint density at radius 1 is 1.50 bits per heavy atom. The topological polar surface area (TPSA) is 35.0 Å². The van der Waals surface area contributed by atoms with Gasteiger partial charge in [0.2, 0.25) is 0 Å². The Morgan fingerprint density at radius 3 is 2.92 bits per heavy atom. The molecule has 0 aliphatic rings. The van der Waals surface area contributed by atoms with Crippen LogP contribution in [0.1, 0.15) is 30.3 Å². The lowest BCUT2D eigenvalue weighted by Gasteiger charge is -1.99. The molecule has 3 nitrogen and oxygen atoms in total. The van der Waals surface area contributed by atoms with E-state index in [1.54, 1.807) is 0 Å². The van der Waals surface area contributed by atoms with Gasteiger partial charge in [0.1, 0.15) is 0 Å². The Labute approximate surface area is 76.9 Å². The first-order valence-corrected chi connectivity index (χ1v) is 4.97. The highest BCUT2D eigenvalue weighted by molar-refractivity contribution is 7.05. The quantitative estimate of drug-likeness (QED) is 0.661. The Kier molecular flexibility index (Phi) is 4.18. The van der Waals surface area contributed by atoms with Crippen LogP contribution in [-0.4, -0.2) is 16.2 Å². The highest BCUT2D eigenvalue weighted by atomic mass is 32.1. The van der Waals surface area contributed by atoms with E-state index >= 15 is 0 Å². The van der Waals surface area contributed by atoms with Crippen molar-refractivity contribution in [3.8, 4) is 0 Å². The molecule has 0 aromatic carbocycles. The maximum absolute atomic E-state index is 5.43.